The third-order valence-corrected chi connectivity index (χ3v) is 3.86. The summed E-state index contributed by atoms with van der Waals surface area (Å²) in [5.41, 5.74) is -2.16. The van der Waals surface area contributed by atoms with Gasteiger partial charge < -0.3 is 19.5 Å². The van der Waals surface area contributed by atoms with Crippen LogP contribution in [0.4, 0.5) is 0 Å². The maximum absolute atomic E-state index is 12.4. The fourth-order valence-corrected chi connectivity index (χ4v) is 2.29. The van der Waals surface area contributed by atoms with Gasteiger partial charge in [0, 0.05) is 0 Å². The quantitative estimate of drug-likeness (QED) is 0.366. The van der Waals surface area contributed by atoms with Crippen molar-refractivity contribution in [1.82, 2.24) is 10.6 Å². The Morgan fingerprint density at radius 3 is 2.48 bits per heavy atom. The Bertz CT molecular complexity index is 838. The van der Waals surface area contributed by atoms with Gasteiger partial charge in [0.25, 0.3) is 11.8 Å². The Hall–Kier alpha value is -2.42. The highest BCUT2D eigenvalue weighted by atomic mass is 35.6. The fraction of sp³-hybridized carbons (Fsp3) is 0.278. The molecular weight excluding hydrogens is 447 g/mol. The van der Waals surface area contributed by atoms with Crippen LogP contribution in [0.3, 0.4) is 0 Å². The average molecular weight is 464 g/mol. The molecule has 8 nitrogen and oxygen atoms in total. The Kier molecular flexibility index (Phi) is 7.40. The van der Waals surface area contributed by atoms with Crippen molar-refractivity contribution in [3.63, 3.8) is 0 Å². The van der Waals surface area contributed by atoms with Crippen LogP contribution in [0.15, 0.2) is 54.4 Å². The third-order valence-electron chi connectivity index (χ3n) is 3.53. The molecule has 156 valence electrons. The molecule has 0 spiro atoms. The minimum absolute atomic E-state index is 0.106. The first kappa shape index (κ1) is 22.9. The van der Waals surface area contributed by atoms with Crippen LogP contribution in [0.1, 0.15) is 6.92 Å². The smallest absolute Gasteiger partial charge is 0.377 e. The lowest BCUT2D eigenvalue weighted by molar-refractivity contribution is -0.169. The lowest BCUT2D eigenvalue weighted by Crippen LogP contribution is -2.61. The summed E-state index contributed by atoms with van der Waals surface area (Å²) in [6, 6.07) is 8.64. The maximum Gasteiger partial charge on any atom is 0.377 e. The van der Waals surface area contributed by atoms with Crippen molar-refractivity contribution in [2.24, 2.45) is 0 Å². The largest absolute Gasteiger partial charge is 0.484 e. The van der Waals surface area contributed by atoms with Crippen molar-refractivity contribution in [3.8, 4) is 5.75 Å². The van der Waals surface area contributed by atoms with Crippen molar-refractivity contribution < 1.29 is 28.6 Å². The summed E-state index contributed by atoms with van der Waals surface area (Å²) >= 11 is 16.7. The van der Waals surface area contributed by atoms with E-state index in [9.17, 15) is 14.4 Å². The maximum atomic E-state index is 12.4. The Labute approximate surface area is 181 Å². The summed E-state index contributed by atoms with van der Waals surface area (Å²) in [6.07, 6.45) is 0.907. The van der Waals surface area contributed by atoms with Gasteiger partial charge in [0.15, 0.2) is 6.61 Å². The number of hydrogen-bond donors (Lipinski definition) is 2. The zero-order chi connectivity index (χ0) is 21.7. The van der Waals surface area contributed by atoms with E-state index in [2.05, 4.69) is 17.2 Å². The molecule has 2 N–H and O–H groups in total. The van der Waals surface area contributed by atoms with Gasteiger partial charge in [0.05, 0.1) is 0 Å². The first-order valence-corrected chi connectivity index (χ1v) is 9.25. The minimum atomic E-state index is -2.03. The van der Waals surface area contributed by atoms with E-state index in [1.54, 1.807) is 30.3 Å². The number of ether oxygens (including phenoxy) is 3. The molecule has 0 fully saturated rings. The Balaban J connectivity index is 2.02. The third kappa shape index (κ3) is 6.28. The second-order valence-corrected chi connectivity index (χ2v) is 8.42. The Morgan fingerprint density at radius 2 is 1.93 bits per heavy atom. The molecule has 0 unspecified atom stereocenters. The molecule has 0 saturated heterocycles. The van der Waals surface area contributed by atoms with Crippen LogP contribution in [-0.2, 0) is 23.9 Å². The van der Waals surface area contributed by atoms with E-state index in [0.29, 0.717) is 5.75 Å². The number of amides is 2. The molecule has 1 aromatic rings. The first-order chi connectivity index (χ1) is 13.5. The monoisotopic (exact) mass is 462 g/mol. The molecule has 0 aliphatic carbocycles. The van der Waals surface area contributed by atoms with Gasteiger partial charge in [0.1, 0.15) is 24.3 Å². The van der Waals surface area contributed by atoms with Gasteiger partial charge in [0.2, 0.25) is 3.79 Å². The number of carbonyl (C=O) groups is 3. The lowest BCUT2D eigenvalue weighted by atomic mass is 10.0. The van der Waals surface area contributed by atoms with Crippen LogP contribution in [0, 0.1) is 0 Å². The summed E-state index contributed by atoms with van der Waals surface area (Å²) in [7, 11) is 0. The van der Waals surface area contributed by atoms with Gasteiger partial charge in [-0.1, -0.05) is 59.6 Å². The number of hydrogen-bond acceptors (Lipinski definition) is 6. The van der Waals surface area contributed by atoms with Crippen molar-refractivity contribution in [3.05, 3.63) is 54.4 Å². The van der Waals surface area contributed by atoms with Gasteiger partial charge in [-0.15, -0.1) is 0 Å². The summed E-state index contributed by atoms with van der Waals surface area (Å²) in [6.45, 7) is 4.14. The number of benzene rings is 1. The predicted molar refractivity (Wildman–Crippen MR) is 106 cm³/mol. The minimum Gasteiger partial charge on any atom is -0.484 e. The number of alkyl halides is 3. The van der Waals surface area contributed by atoms with Gasteiger partial charge in [-0.2, -0.15) is 0 Å². The van der Waals surface area contributed by atoms with Crippen LogP contribution < -0.4 is 15.4 Å². The zero-order valence-electron chi connectivity index (χ0n) is 15.2. The second kappa shape index (κ2) is 9.39. The van der Waals surface area contributed by atoms with E-state index >= 15 is 0 Å². The number of carbonyl (C=O) groups excluding carboxylic acids is 3. The van der Waals surface area contributed by atoms with E-state index in [1.165, 1.54) is 6.92 Å². The average Bonchev–Trinajstić information content (AvgIpc) is 2.66. The highest BCUT2D eigenvalue weighted by Crippen LogP contribution is 2.29. The van der Waals surface area contributed by atoms with Crippen LogP contribution in [-0.4, -0.2) is 40.5 Å². The van der Waals surface area contributed by atoms with E-state index in [4.69, 9.17) is 49.0 Å². The lowest BCUT2D eigenvalue weighted by Gasteiger charge is -2.35. The van der Waals surface area contributed by atoms with E-state index in [1.807, 2.05) is 0 Å². The molecule has 29 heavy (non-hydrogen) atoms. The zero-order valence-corrected chi connectivity index (χ0v) is 17.4. The van der Waals surface area contributed by atoms with Crippen molar-refractivity contribution in [2.75, 3.05) is 13.2 Å². The summed E-state index contributed by atoms with van der Waals surface area (Å²) in [5, 5.41) is 4.63. The van der Waals surface area contributed by atoms with Crippen LogP contribution in [0.5, 0.6) is 5.75 Å². The number of esters is 1. The second-order valence-electron chi connectivity index (χ2n) is 5.91. The molecular formula is C18H17Cl3N2O6. The first-order valence-electron chi connectivity index (χ1n) is 8.11. The van der Waals surface area contributed by atoms with Crippen LogP contribution in [0.2, 0.25) is 0 Å². The van der Waals surface area contributed by atoms with Gasteiger partial charge >= 0.3 is 11.7 Å². The van der Waals surface area contributed by atoms with E-state index < -0.39 is 33.9 Å². The summed E-state index contributed by atoms with van der Waals surface area (Å²) < 4.78 is 13.7. The molecule has 0 radical (unpaired) electrons. The van der Waals surface area contributed by atoms with Crippen molar-refractivity contribution >= 4 is 52.6 Å². The van der Waals surface area contributed by atoms with Crippen LogP contribution >= 0.6 is 34.8 Å². The SMILES string of the molecule is C=C(C)[C@@]1(C(=O)OCC(Cl)(Cl)Cl)NC(=O)C(NC(=O)COc2ccccc2)=CO1. The van der Waals surface area contributed by atoms with Crippen LogP contribution in [0.25, 0.3) is 0 Å². The van der Waals surface area contributed by atoms with E-state index in [-0.39, 0.29) is 17.9 Å². The molecule has 1 aliphatic rings. The van der Waals surface area contributed by atoms with Crippen molar-refractivity contribution in [2.45, 2.75) is 16.4 Å². The molecule has 1 heterocycles. The summed E-state index contributed by atoms with van der Waals surface area (Å²) in [4.78, 5) is 36.8. The summed E-state index contributed by atoms with van der Waals surface area (Å²) in [5.74, 6) is -1.98. The molecule has 0 saturated carbocycles. The molecule has 2 amide bonds. The molecule has 1 aliphatic heterocycles. The number of rotatable bonds is 7. The Morgan fingerprint density at radius 1 is 1.28 bits per heavy atom. The van der Waals surface area contributed by atoms with Crippen molar-refractivity contribution in [1.29, 1.82) is 0 Å². The number of para-hydroxylation sites is 1. The predicted octanol–water partition coefficient (Wildman–Crippen LogP) is 2.36. The number of halogens is 3. The molecule has 2 rings (SSSR count). The fourth-order valence-electron chi connectivity index (χ4n) is 2.13. The number of nitrogens with one attached hydrogen (secondary N) is 2. The van der Waals surface area contributed by atoms with Gasteiger partial charge in [-0.05, 0) is 24.6 Å². The van der Waals surface area contributed by atoms with Gasteiger partial charge in [-0.25, -0.2) is 4.79 Å². The van der Waals surface area contributed by atoms with E-state index in [0.717, 1.165) is 6.26 Å². The molecule has 0 aromatic heterocycles. The molecule has 1 atom stereocenters. The van der Waals surface area contributed by atoms with Gasteiger partial charge in [-0.3, -0.25) is 14.9 Å². The highest BCUT2D eigenvalue weighted by Gasteiger charge is 2.48. The standard InChI is InChI=1S/C18H17Cl3N2O6/c1-11(2)18(16(26)28-10-17(19,20)21)23-15(25)13(8-29-18)22-14(24)9-27-12-6-4-3-5-7-12/h3-8H,1,9-10H2,2H3,(H,22,24)(H,23,25)/t18-/m1/s1. The highest BCUT2D eigenvalue weighted by molar-refractivity contribution is 6.67. The normalized spacial score (nSPS) is 18.6. The topological polar surface area (TPSA) is 103 Å². The molecule has 0 bridgehead atoms. The molecule has 11 heteroatoms. The molecule has 1 aromatic carbocycles.